The third kappa shape index (κ3) is 2.13. The topological polar surface area (TPSA) is 78.0 Å². The van der Waals surface area contributed by atoms with Crippen molar-refractivity contribution < 1.29 is 4.92 Å². The zero-order valence-electron chi connectivity index (χ0n) is 9.74. The summed E-state index contributed by atoms with van der Waals surface area (Å²) in [6, 6.07) is 10.2. The summed E-state index contributed by atoms with van der Waals surface area (Å²) in [6.45, 7) is 2.01. The third-order valence-electron chi connectivity index (χ3n) is 2.52. The molecule has 2 aromatic rings. The van der Waals surface area contributed by atoms with Crippen molar-refractivity contribution >= 4 is 5.69 Å². The monoisotopic (exact) mass is 245 g/mol. The van der Waals surface area contributed by atoms with Crippen molar-refractivity contribution in [3.63, 3.8) is 0 Å². The van der Waals surface area contributed by atoms with Gasteiger partial charge in [0.05, 0.1) is 16.7 Å². The first-order valence-electron chi connectivity index (χ1n) is 5.45. The number of rotatable bonds is 3. The summed E-state index contributed by atoms with van der Waals surface area (Å²) in [5, 5.41) is 14.9. The lowest BCUT2D eigenvalue weighted by Crippen LogP contribution is -2.24. The second kappa shape index (κ2) is 4.79. The maximum Gasteiger partial charge on any atom is 0.344 e. The molecule has 18 heavy (non-hydrogen) atoms. The summed E-state index contributed by atoms with van der Waals surface area (Å²) in [5.41, 5.74) is 0.0273. The van der Waals surface area contributed by atoms with Crippen LogP contribution in [0.2, 0.25) is 0 Å². The quantitative estimate of drug-likeness (QED) is 0.610. The molecule has 1 aromatic carbocycles. The number of aromatic nitrogens is 2. The highest BCUT2D eigenvalue weighted by Crippen LogP contribution is 2.18. The van der Waals surface area contributed by atoms with Crippen molar-refractivity contribution in [3.05, 3.63) is 56.9 Å². The molecular weight excluding hydrogens is 234 g/mol. The fourth-order valence-electron chi connectivity index (χ4n) is 1.62. The van der Waals surface area contributed by atoms with E-state index in [1.165, 1.54) is 6.07 Å². The second-order valence-corrected chi connectivity index (χ2v) is 3.66. The highest BCUT2D eigenvalue weighted by Gasteiger charge is 2.17. The van der Waals surface area contributed by atoms with Gasteiger partial charge in [-0.25, -0.2) is 4.68 Å². The minimum Gasteiger partial charge on any atom is -0.260 e. The van der Waals surface area contributed by atoms with E-state index in [-0.39, 0.29) is 0 Å². The molecule has 1 heterocycles. The smallest absolute Gasteiger partial charge is 0.260 e. The van der Waals surface area contributed by atoms with Crippen molar-refractivity contribution in [1.29, 1.82) is 0 Å². The molecule has 0 aliphatic heterocycles. The SMILES string of the molecule is CCn1nc(-c2ccccc2)cc([N+](=O)[O-])c1=O. The Morgan fingerprint density at radius 3 is 2.56 bits per heavy atom. The largest absolute Gasteiger partial charge is 0.344 e. The van der Waals surface area contributed by atoms with Gasteiger partial charge < -0.3 is 0 Å². The normalized spacial score (nSPS) is 10.3. The molecule has 6 heteroatoms. The van der Waals surface area contributed by atoms with Crippen molar-refractivity contribution in [2.75, 3.05) is 0 Å². The molecule has 0 amide bonds. The number of benzene rings is 1. The lowest BCUT2D eigenvalue weighted by molar-refractivity contribution is -0.386. The van der Waals surface area contributed by atoms with Crippen LogP contribution >= 0.6 is 0 Å². The van der Waals surface area contributed by atoms with Crippen LogP contribution in [0.15, 0.2) is 41.2 Å². The Balaban J connectivity index is 2.67. The molecule has 0 aliphatic carbocycles. The number of hydrogen-bond acceptors (Lipinski definition) is 4. The molecule has 0 bridgehead atoms. The van der Waals surface area contributed by atoms with Gasteiger partial charge in [0.2, 0.25) is 0 Å². The van der Waals surface area contributed by atoms with Gasteiger partial charge in [-0.1, -0.05) is 30.3 Å². The van der Waals surface area contributed by atoms with Gasteiger partial charge in [-0.05, 0) is 6.92 Å². The average molecular weight is 245 g/mol. The Bertz CT molecular complexity index is 635. The summed E-state index contributed by atoms with van der Waals surface area (Å²) in [5.74, 6) is 0. The molecule has 0 N–H and O–H groups in total. The van der Waals surface area contributed by atoms with Crippen LogP contribution in [0.1, 0.15) is 6.92 Å². The Hall–Kier alpha value is -2.50. The van der Waals surface area contributed by atoms with E-state index in [0.717, 1.165) is 10.2 Å². The highest BCUT2D eigenvalue weighted by atomic mass is 16.6. The minimum atomic E-state index is -0.679. The van der Waals surface area contributed by atoms with Gasteiger partial charge in [0, 0.05) is 12.1 Å². The molecule has 0 saturated heterocycles. The lowest BCUT2D eigenvalue weighted by Gasteiger charge is -2.05. The predicted octanol–water partition coefficient (Wildman–Crippen LogP) is 1.84. The fourth-order valence-corrected chi connectivity index (χ4v) is 1.62. The first-order chi connectivity index (χ1) is 8.63. The molecule has 2 rings (SSSR count). The van der Waals surface area contributed by atoms with Crippen LogP contribution < -0.4 is 5.56 Å². The van der Waals surface area contributed by atoms with E-state index in [1.54, 1.807) is 19.1 Å². The Labute approximate surface area is 103 Å². The maximum absolute atomic E-state index is 11.7. The summed E-state index contributed by atoms with van der Waals surface area (Å²) in [7, 11) is 0. The van der Waals surface area contributed by atoms with Crippen molar-refractivity contribution in [2.45, 2.75) is 13.5 Å². The summed E-state index contributed by atoms with van der Waals surface area (Å²) >= 11 is 0. The number of hydrogen-bond donors (Lipinski definition) is 0. The molecule has 0 fully saturated rings. The maximum atomic E-state index is 11.7. The molecule has 0 atom stereocenters. The summed E-state index contributed by atoms with van der Waals surface area (Å²) in [4.78, 5) is 21.8. The highest BCUT2D eigenvalue weighted by molar-refractivity contribution is 5.60. The number of nitro groups is 1. The number of nitrogens with zero attached hydrogens (tertiary/aromatic N) is 3. The predicted molar refractivity (Wildman–Crippen MR) is 66.3 cm³/mol. The molecule has 0 spiro atoms. The minimum absolute atomic E-state index is 0.292. The molecule has 0 aliphatic rings. The van der Waals surface area contributed by atoms with Crippen LogP contribution in [0.4, 0.5) is 5.69 Å². The first-order valence-corrected chi connectivity index (χ1v) is 5.45. The van der Waals surface area contributed by atoms with Gasteiger partial charge in [0.25, 0.3) is 0 Å². The van der Waals surface area contributed by atoms with Gasteiger partial charge in [-0.15, -0.1) is 0 Å². The van der Waals surface area contributed by atoms with E-state index >= 15 is 0 Å². The van der Waals surface area contributed by atoms with Crippen LogP contribution in [0.5, 0.6) is 0 Å². The van der Waals surface area contributed by atoms with Gasteiger partial charge >= 0.3 is 11.2 Å². The standard InChI is InChI=1S/C12H11N3O3/c1-2-14-12(16)11(15(17)18)8-10(13-14)9-6-4-3-5-7-9/h3-8H,2H2,1H3. The van der Waals surface area contributed by atoms with E-state index in [9.17, 15) is 14.9 Å². The molecule has 1 aromatic heterocycles. The van der Waals surface area contributed by atoms with Gasteiger partial charge in [0.15, 0.2) is 0 Å². The molecular formula is C12H11N3O3. The zero-order valence-corrected chi connectivity index (χ0v) is 9.74. The van der Waals surface area contributed by atoms with Gasteiger partial charge in [0.1, 0.15) is 0 Å². The molecule has 6 nitrogen and oxygen atoms in total. The second-order valence-electron chi connectivity index (χ2n) is 3.66. The van der Waals surface area contributed by atoms with E-state index in [0.29, 0.717) is 12.2 Å². The Morgan fingerprint density at radius 1 is 1.33 bits per heavy atom. The zero-order chi connectivity index (χ0) is 13.1. The Morgan fingerprint density at radius 2 is 2.00 bits per heavy atom. The van der Waals surface area contributed by atoms with Crippen LogP contribution in [-0.4, -0.2) is 14.7 Å². The summed E-state index contributed by atoms with van der Waals surface area (Å²) < 4.78 is 1.10. The molecule has 0 unspecified atom stereocenters. The van der Waals surface area contributed by atoms with Gasteiger partial charge in [-0.2, -0.15) is 5.10 Å². The van der Waals surface area contributed by atoms with E-state index in [4.69, 9.17) is 0 Å². The summed E-state index contributed by atoms with van der Waals surface area (Å²) in [6.07, 6.45) is 0. The van der Waals surface area contributed by atoms with Crippen LogP contribution in [0.3, 0.4) is 0 Å². The van der Waals surface area contributed by atoms with Crippen LogP contribution in [0.25, 0.3) is 11.3 Å². The Kier molecular flexibility index (Phi) is 3.18. The molecule has 0 radical (unpaired) electrons. The number of aryl methyl sites for hydroxylation is 1. The first kappa shape index (κ1) is 12.0. The third-order valence-corrected chi connectivity index (χ3v) is 2.52. The van der Waals surface area contributed by atoms with Crippen LogP contribution in [0, 0.1) is 10.1 Å². The average Bonchev–Trinajstić information content (AvgIpc) is 2.39. The van der Waals surface area contributed by atoms with Crippen molar-refractivity contribution in [3.8, 4) is 11.3 Å². The van der Waals surface area contributed by atoms with Crippen molar-refractivity contribution in [2.24, 2.45) is 0 Å². The van der Waals surface area contributed by atoms with Gasteiger partial charge in [-0.3, -0.25) is 14.9 Å². The van der Waals surface area contributed by atoms with Crippen LogP contribution in [-0.2, 0) is 6.54 Å². The van der Waals surface area contributed by atoms with E-state index in [2.05, 4.69) is 5.10 Å². The van der Waals surface area contributed by atoms with E-state index in [1.807, 2.05) is 18.2 Å². The fraction of sp³-hybridized carbons (Fsp3) is 0.167. The lowest BCUT2D eigenvalue weighted by atomic mass is 10.1. The van der Waals surface area contributed by atoms with Crippen molar-refractivity contribution in [1.82, 2.24) is 9.78 Å². The molecule has 0 saturated carbocycles. The molecule has 92 valence electrons. The van der Waals surface area contributed by atoms with E-state index < -0.39 is 16.2 Å².